The van der Waals surface area contributed by atoms with Crippen LogP contribution in [0, 0.1) is 0 Å². The van der Waals surface area contributed by atoms with Crippen LogP contribution >= 0.6 is 23.2 Å². The van der Waals surface area contributed by atoms with E-state index in [1.165, 1.54) is 0 Å². The normalized spacial score (nSPS) is 18.2. The fraction of sp³-hybridized carbons (Fsp3) is 0.174. The van der Waals surface area contributed by atoms with E-state index in [0.29, 0.717) is 40.1 Å². The number of halogens is 2. The number of pyridine rings is 1. The van der Waals surface area contributed by atoms with Crippen LogP contribution in [-0.4, -0.2) is 44.9 Å². The Labute approximate surface area is 193 Å². The number of nitrogens with zero attached hydrogens (tertiary/aromatic N) is 3. The van der Waals surface area contributed by atoms with Crippen molar-refractivity contribution in [2.24, 2.45) is 0 Å². The standard InChI is InChI=1S/C23H18Cl2N4O3/c24-18-7-6-16-17(13-10-26-27-11-13)9-20(28-22(16)21(18)25)29-12-15(8-19(29)23(30)31)32-14-4-2-1-3-5-14/h1-7,9-11,15,19H,8,12H2,(H,26,27)(H,30,31)/t15-,19-/m0/s1. The third-order valence-electron chi connectivity index (χ3n) is 5.56. The molecule has 1 aliphatic rings. The van der Waals surface area contributed by atoms with Crippen molar-refractivity contribution < 1.29 is 14.6 Å². The summed E-state index contributed by atoms with van der Waals surface area (Å²) in [6.07, 6.45) is 3.49. The molecule has 1 aliphatic heterocycles. The Morgan fingerprint density at radius 2 is 2.00 bits per heavy atom. The predicted octanol–water partition coefficient (Wildman–Crippen LogP) is 5.04. The zero-order valence-corrected chi connectivity index (χ0v) is 18.2. The molecule has 0 bridgehead atoms. The SMILES string of the molecule is O=C(O)[C@@H]1C[C@H](Oc2ccccc2)CN1c1cc(-c2cn[nH]c2)c2ccc(Cl)c(Cl)c2n1. The van der Waals surface area contributed by atoms with Gasteiger partial charge >= 0.3 is 5.97 Å². The molecule has 2 N–H and O–H groups in total. The molecule has 2 aromatic heterocycles. The minimum absolute atomic E-state index is 0.303. The molecule has 2 atom stereocenters. The number of aliphatic carboxylic acids is 1. The Kier molecular flexibility index (Phi) is 5.36. The van der Waals surface area contributed by atoms with E-state index in [1.54, 1.807) is 23.4 Å². The Morgan fingerprint density at radius 3 is 2.72 bits per heavy atom. The molecule has 0 amide bonds. The molecule has 0 aliphatic carbocycles. The fourth-order valence-corrected chi connectivity index (χ4v) is 4.43. The van der Waals surface area contributed by atoms with Gasteiger partial charge in [-0.05, 0) is 29.8 Å². The molecule has 9 heteroatoms. The lowest BCUT2D eigenvalue weighted by Crippen LogP contribution is -2.36. The van der Waals surface area contributed by atoms with Gasteiger partial charge in [0.2, 0.25) is 0 Å². The second-order valence-electron chi connectivity index (χ2n) is 7.57. The summed E-state index contributed by atoms with van der Waals surface area (Å²) in [5, 5.41) is 18.3. The minimum Gasteiger partial charge on any atom is -0.488 e. The van der Waals surface area contributed by atoms with E-state index in [0.717, 1.165) is 16.5 Å². The first-order chi connectivity index (χ1) is 15.5. The van der Waals surface area contributed by atoms with E-state index in [-0.39, 0.29) is 6.10 Å². The predicted molar refractivity (Wildman–Crippen MR) is 124 cm³/mol. The first kappa shape index (κ1) is 20.6. The van der Waals surface area contributed by atoms with Crippen LogP contribution in [0.3, 0.4) is 0 Å². The summed E-state index contributed by atoms with van der Waals surface area (Å²) in [6.45, 7) is 0.368. The van der Waals surface area contributed by atoms with Crippen LogP contribution in [-0.2, 0) is 4.79 Å². The smallest absolute Gasteiger partial charge is 0.326 e. The van der Waals surface area contributed by atoms with Crippen molar-refractivity contribution in [2.75, 3.05) is 11.4 Å². The third kappa shape index (κ3) is 3.74. The number of hydrogen-bond donors (Lipinski definition) is 2. The monoisotopic (exact) mass is 468 g/mol. The highest BCUT2D eigenvalue weighted by molar-refractivity contribution is 6.45. The summed E-state index contributed by atoms with van der Waals surface area (Å²) >= 11 is 12.7. The average molecular weight is 469 g/mol. The molecule has 1 fully saturated rings. The zero-order valence-electron chi connectivity index (χ0n) is 16.7. The van der Waals surface area contributed by atoms with Gasteiger partial charge in [-0.3, -0.25) is 5.10 Å². The molecule has 1 saturated heterocycles. The van der Waals surface area contributed by atoms with Crippen molar-refractivity contribution in [1.29, 1.82) is 0 Å². The van der Waals surface area contributed by atoms with Gasteiger partial charge < -0.3 is 14.7 Å². The third-order valence-corrected chi connectivity index (χ3v) is 6.35. The van der Waals surface area contributed by atoms with Gasteiger partial charge in [-0.1, -0.05) is 47.5 Å². The van der Waals surface area contributed by atoms with Gasteiger partial charge in [-0.15, -0.1) is 0 Å². The highest BCUT2D eigenvalue weighted by atomic mass is 35.5. The van der Waals surface area contributed by atoms with Crippen molar-refractivity contribution in [3.63, 3.8) is 0 Å². The van der Waals surface area contributed by atoms with E-state index in [1.807, 2.05) is 42.5 Å². The number of aromatic amines is 1. The number of fused-ring (bicyclic) bond motifs is 1. The summed E-state index contributed by atoms with van der Waals surface area (Å²) < 4.78 is 6.05. The van der Waals surface area contributed by atoms with E-state index in [2.05, 4.69) is 10.2 Å². The highest BCUT2D eigenvalue weighted by Crippen LogP contribution is 2.38. The Balaban J connectivity index is 1.59. The lowest BCUT2D eigenvalue weighted by molar-refractivity contribution is -0.138. The van der Waals surface area contributed by atoms with Crippen LogP contribution in [0.1, 0.15) is 6.42 Å². The van der Waals surface area contributed by atoms with Gasteiger partial charge in [0.1, 0.15) is 23.7 Å². The van der Waals surface area contributed by atoms with Crippen LogP contribution in [0.4, 0.5) is 5.82 Å². The number of aromatic nitrogens is 3. The van der Waals surface area contributed by atoms with E-state index in [9.17, 15) is 9.90 Å². The quantitative estimate of drug-likeness (QED) is 0.426. The number of ether oxygens (including phenoxy) is 1. The topological polar surface area (TPSA) is 91.3 Å². The Morgan fingerprint density at radius 1 is 1.19 bits per heavy atom. The maximum Gasteiger partial charge on any atom is 0.326 e. The molecule has 3 heterocycles. The second kappa shape index (κ2) is 8.33. The van der Waals surface area contributed by atoms with E-state index >= 15 is 0 Å². The molecular weight excluding hydrogens is 451 g/mol. The average Bonchev–Trinajstić information content (AvgIpc) is 3.47. The Bertz CT molecular complexity index is 1280. The molecule has 5 rings (SSSR count). The van der Waals surface area contributed by atoms with Crippen molar-refractivity contribution in [3.8, 4) is 16.9 Å². The summed E-state index contributed by atoms with van der Waals surface area (Å²) in [5.41, 5.74) is 2.17. The highest BCUT2D eigenvalue weighted by Gasteiger charge is 2.39. The number of nitrogens with one attached hydrogen (secondary N) is 1. The van der Waals surface area contributed by atoms with E-state index in [4.69, 9.17) is 32.9 Å². The Hall–Kier alpha value is -3.29. The first-order valence-corrected chi connectivity index (χ1v) is 10.8. The van der Waals surface area contributed by atoms with Crippen LogP contribution in [0.2, 0.25) is 10.0 Å². The number of anilines is 1. The minimum atomic E-state index is -0.937. The van der Waals surface area contributed by atoms with Gasteiger partial charge in [0.25, 0.3) is 0 Å². The van der Waals surface area contributed by atoms with Crippen molar-refractivity contribution in [2.45, 2.75) is 18.6 Å². The summed E-state index contributed by atoms with van der Waals surface area (Å²) in [6, 6.07) is 14.0. The van der Waals surface area contributed by atoms with E-state index < -0.39 is 12.0 Å². The summed E-state index contributed by atoms with van der Waals surface area (Å²) in [5.74, 6) is 0.251. The van der Waals surface area contributed by atoms with Gasteiger partial charge in [0.05, 0.1) is 28.3 Å². The number of carbonyl (C=O) groups is 1. The number of benzene rings is 2. The van der Waals surface area contributed by atoms with Gasteiger partial charge in [0, 0.05) is 23.6 Å². The number of H-pyrrole nitrogens is 1. The molecule has 4 aromatic rings. The molecule has 0 unspecified atom stereocenters. The number of carboxylic acid groups (broad SMARTS) is 1. The number of para-hydroxylation sites is 1. The van der Waals surface area contributed by atoms with Crippen molar-refractivity contribution in [1.82, 2.24) is 15.2 Å². The van der Waals surface area contributed by atoms with Crippen LogP contribution in [0.5, 0.6) is 5.75 Å². The van der Waals surface area contributed by atoms with Gasteiger partial charge in [-0.25, -0.2) is 9.78 Å². The molecule has 7 nitrogen and oxygen atoms in total. The van der Waals surface area contributed by atoms with Crippen LogP contribution in [0.25, 0.3) is 22.0 Å². The molecule has 0 saturated carbocycles. The molecule has 32 heavy (non-hydrogen) atoms. The zero-order chi connectivity index (χ0) is 22.2. The lowest BCUT2D eigenvalue weighted by Gasteiger charge is -2.24. The van der Waals surface area contributed by atoms with Crippen molar-refractivity contribution >= 4 is 45.9 Å². The lowest BCUT2D eigenvalue weighted by atomic mass is 10.0. The number of rotatable bonds is 5. The van der Waals surface area contributed by atoms with Gasteiger partial charge in [0.15, 0.2) is 0 Å². The van der Waals surface area contributed by atoms with Crippen molar-refractivity contribution in [3.05, 3.63) is 71.0 Å². The van der Waals surface area contributed by atoms with Gasteiger partial charge in [-0.2, -0.15) is 5.10 Å². The number of carboxylic acids is 1. The number of hydrogen-bond acceptors (Lipinski definition) is 5. The summed E-state index contributed by atoms with van der Waals surface area (Å²) in [4.78, 5) is 18.6. The second-order valence-corrected chi connectivity index (χ2v) is 8.35. The maximum absolute atomic E-state index is 12.1. The maximum atomic E-state index is 12.1. The van der Waals surface area contributed by atoms with Crippen LogP contribution < -0.4 is 9.64 Å². The first-order valence-electron chi connectivity index (χ1n) is 10.0. The molecular formula is C23H18Cl2N4O3. The summed E-state index contributed by atoms with van der Waals surface area (Å²) in [7, 11) is 0. The largest absolute Gasteiger partial charge is 0.488 e. The molecule has 0 radical (unpaired) electrons. The van der Waals surface area contributed by atoms with Crippen LogP contribution in [0.15, 0.2) is 60.9 Å². The molecule has 162 valence electrons. The molecule has 0 spiro atoms. The fourth-order valence-electron chi connectivity index (χ4n) is 4.07. The molecule has 2 aromatic carbocycles.